The smallest absolute Gasteiger partial charge is 0.256 e. The monoisotopic (exact) mass is 305 g/mol. The summed E-state index contributed by atoms with van der Waals surface area (Å²) in [5.41, 5.74) is 1.45. The number of rotatable bonds is 5. The van der Waals surface area contributed by atoms with E-state index in [4.69, 9.17) is 20.8 Å². The molecule has 0 aliphatic heterocycles. The first-order valence-corrected chi connectivity index (χ1v) is 7.24. The molecule has 1 unspecified atom stereocenters. The standard InChI is InChI=1S/C16H16ClNO3/c1-20-12-6-4-11(5-7-12)14(10-2-3-10)18-16(19)13-8-9-21-15(13)17/h4-10,14H,2-3H2,1H3,(H,18,19). The Morgan fingerprint density at radius 3 is 2.57 bits per heavy atom. The molecule has 1 saturated carbocycles. The highest BCUT2D eigenvalue weighted by Crippen LogP contribution is 2.41. The zero-order valence-electron chi connectivity index (χ0n) is 11.6. The molecule has 110 valence electrons. The highest BCUT2D eigenvalue weighted by Gasteiger charge is 2.34. The molecule has 1 N–H and O–H groups in total. The molecule has 1 heterocycles. The number of ether oxygens (including phenoxy) is 1. The summed E-state index contributed by atoms with van der Waals surface area (Å²) in [5, 5.41) is 3.17. The highest BCUT2D eigenvalue weighted by molar-refractivity contribution is 6.32. The lowest BCUT2D eigenvalue weighted by Crippen LogP contribution is -2.29. The molecule has 4 nitrogen and oxygen atoms in total. The normalized spacial score (nSPS) is 15.5. The van der Waals surface area contributed by atoms with Crippen LogP contribution in [0.1, 0.15) is 34.8 Å². The number of amides is 1. The van der Waals surface area contributed by atoms with Crippen molar-refractivity contribution in [1.29, 1.82) is 0 Å². The van der Waals surface area contributed by atoms with Crippen molar-refractivity contribution in [3.05, 3.63) is 52.9 Å². The van der Waals surface area contributed by atoms with Crippen molar-refractivity contribution in [2.75, 3.05) is 7.11 Å². The Bertz CT molecular complexity index is 631. The van der Waals surface area contributed by atoms with Gasteiger partial charge in [0.1, 0.15) is 5.75 Å². The summed E-state index contributed by atoms with van der Waals surface area (Å²) < 4.78 is 10.1. The summed E-state index contributed by atoms with van der Waals surface area (Å²) in [6.45, 7) is 0. The Labute approximate surface area is 128 Å². The summed E-state index contributed by atoms with van der Waals surface area (Å²) in [6.07, 6.45) is 3.66. The molecule has 0 saturated heterocycles. The minimum absolute atomic E-state index is 0.00521. The first-order valence-electron chi connectivity index (χ1n) is 6.87. The van der Waals surface area contributed by atoms with E-state index in [1.165, 1.54) is 6.26 Å². The molecule has 1 aromatic carbocycles. The van der Waals surface area contributed by atoms with Crippen LogP contribution in [0.5, 0.6) is 5.75 Å². The second-order valence-electron chi connectivity index (χ2n) is 5.17. The molecule has 1 aromatic heterocycles. The quantitative estimate of drug-likeness (QED) is 0.913. The highest BCUT2D eigenvalue weighted by atomic mass is 35.5. The lowest BCUT2D eigenvalue weighted by Gasteiger charge is -2.19. The largest absolute Gasteiger partial charge is 0.497 e. The Kier molecular flexibility index (Phi) is 3.88. The number of benzene rings is 1. The fourth-order valence-electron chi connectivity index (χ4n) is 2.39. The first kappa shape index (κ1) is 14.0. The van der Waals surface area contributed by atoms with Gasteiger partial charge in [0.25, 0.3) is 5.91 Å². The van der Waals surface area contributed by atoms with Gasteiger partial charge in [-0.3, -0.25) is 4.79 Å². The van der Waals surface area contributed by atoms with Gasteiger partial charge >= 0.3 is 0 Å². The molecule has 0 bridgehead atoms. The fraction of sp³-hybridized carbons (Fsp3) is 0.312. The van der Waals surface area contributed by atoms with Gasteiger partial charge in [-0.25, -0.2) is 0 Å². The number of carbonyl (C=O) groups is 1. The van der Waals surface area contributed by atoms with E-state index >= 15 is 0 Å². The van der Waals surface area contributed by atoms with E-state index in [0.717, 1.165) is 24.2 Å². The SMILES string of the molecule is COc1ccc(C(NC(=O)c2ccoc2Cl)C2CC2)cc1. The van der Waals surface area contributed by atoms with E-state index in [2.05, 4.69) is 5.32 Å². The predicted octanol–water partition coefficient (Wildman–Crippen LogP) is 3.82. The summed E-state index contributed by atoms with van der Waals surface area (Å²) >= 11 is 5.85. The van der Waals surface area contributed by atoms with Crippen LogP contribution in [-0.4, -0.2) is 13.0 Å². The van der Waals surface area contributed by atoms with Crippen LogP contribution in [0.3, 0.4) is 0 Å². The summed E-state index contributed by atoms with van der Waals surface area (Å²) in [7, 11) is 1.63. The van der Waals surface area contributed by atoms with Gasteiger partial charge in [-0.1, -0.05) is 12.1 Å². The minimum atomic E-state index is -0.207. The number of furan rings is 1. The van der Waals surface area contributed by atoms with Gasteiger partial charge in [0, 0.05) is 0 Å². The molecule has 0 spiro atoms. The van der Waals surface area contributed by atoms with Crippen LogP contribution in [0, 0.1) is 5.92 Å². The number of hydrogen-bond donors (Lipinski definition) is 1. The van der Waals surface area contributed by atoms with Crippen LogP contribution < -0.4 is 10.1 Å². The average Bonchev–Trinajstić information content (AvgIpc) is 3.26. The Morgan fingerprint density at radius 1 is 1.33 bits per heavy atom. The molecule has 1 aliphatic rings. The average molecular weight is 306 g/mol. The topological polar surface area (TPSA) is 51.5 Å². The van der Waals surface area contributed by atoms with E-state index in [1.807, 2.05) is 24.3 Å². The third-order valence-corrected chi connectivity index (χ3v) is 4.01. The predicted molar refractivity (Wildman–Crippen MR) is 79.6 cm³/mol. The molecule has 0 radical (unpaired) electrons. The van der Waals surface area contributed by atoms with Crippen molar-refractivity contribution in [2.24, 2.45) is 5.92 Å². The minimum Gasteiger partial charge on any atom is -0.497 e. The first-order chi connectivity index (χ1) is 10.2. The molecule has 3 rings (SSSR count). The lowest BCUT2D eigenvalue weighted by atomic mass is 10.0. The molecule has 1 atom stereocenters. The number of nitrogens with one attached hydrogen (secondary N) is 1. The molecule has 5 heteroatoms. The van der Waals surface area contributed by atoms with Crippen molar-refractivity contribution >= 4 is 17.5 Å². The van der Waals surface area contributed by atoms with E-state index < -0.39 is 0 Å². The summed E-state index contributed by atoms with van der Waals surface area (Å²) in [6, 6.07) is 9.35. The van der Waals surface area contributed by atoms with Gasteiger partial charge in [-0.2, -0.15) is 0 Å². The van der Waals surface area contributed by atoms with E-state index in [1.54, 1.807) is 13.2 Å². The number of methoxy groups -OCH3 is 1. The zero-order chi connectivity index (χ0) is 14.8. The lowest BCUT2D eigenvalue weighted by molar-refractivity contribution is 0.0931. The molecule has 2 aromatic rings. The van der Waals surface area contributed by atoms with Gasteiger partial charge in [0.05, 0.1) is 25.0 Å². The second-order valence-corrected chi connectivity index (χ2v) is 5.51. The number of hydrogen-bond acceptors (Lipinski definition) is 3. The Balaban J connectivity index is 1.78. The third-order valence-electron chi connectivity index (χ3n) is 3.72. The molecular weight excluding hydrogens is 290 g/mol. The van der Waals surface area contributed by atoms with Crippen molar-refractivity contribution in [3.8, 4) is 5.75 Å². The maximum Gasteiger partial charge on any atom is 0.256 e. The van der Waals surface area contributed by atoms with Gasteiger partial charge in [-0.15, -0.1) is 0 Å². The second kappa shape index (κ2) is 5.82. The van der Waals surface area contributed by atoms with Gasteiger partial charge < -0.3 is 14.5 Å². The van der Waals surface area contributed by atoms with Crippen molar-refractivity contribution < 1.29 is 13.9 Å². The van der Waals surface area contributed by atoms with Crippen LogP contribution in [0.15, 0.2) is 41.0 Å². The van der Waals surface area contributed by atoms with E-state index in [-0.39, 0.29) is 17.2 Å². The van der Waals surface area contributed by atoms with Crippen molar-refractivity contribution in [2.45, 2.75) is 18.9 Å². The van der Waals surface area contributed by atoms with Crippen LogP contribution in [0.2, 0.25) is 5.22 Å². The third kappa shape index (κ3) is 3.05. The summed E-state index contributed by atoms with van der Waals surface area (Å²) in [5.74, 6) is 1.08. The fourth-order valence-corrected chi connectivity index (χ4v) is 2.59. The summed E-state index contributed by atoms with van der Waals surface area (Å²) in [4.78, 5) is 12.3. The van der Waals surface area contributed by atoms with Gasteiger partial charge in [0.2, 0.25) is 5.22 Å². The van der Waals surface area contributed by atoms with Crippen LogP contribution in [0.25, 0.3) is 0 Å². The van der Waals surface area contributed by atoms with Gasteiger partial charge in [0.15, 0.2) is 0 Å². The van der Waals surface area contributed by atoms with E-state index in [0.29, 0.717) is 11.5 Å². The molecule has 1 fully saturated rings. The molecule has 21 heavy (non-hydrogen) atoms. The van der Waals surface area contributed by atoms with E-state index in [9.17, 15) is 4.79 Å². The molecule has 1 amide bonds. The molecule has 1 aliphatic carbocycles. The maximum absolute atomic E-state index is 12.3. The Hall–Kier alpha value is -1.94. The molecular formula is C16H16ClNO3. The maximum atomic E-state index is 12.3. The van der Waals surface area contributed by atoms with Crippen molar-refractivity contribution in [3.63, 3.8) is 0 Å². The van der Waals surface area contributed by atoms with Crippen LogP contribution in [-0.2, 0) is 0 Å². The van der Waals surface area contributed by atoms with Gasteiger partial charge in [-0.05, 0) is 54.1 Å². The number of halogens is 1. The number of carbonyl (C=O) groups excluding carboxylic acids is 1. The zero-order valence-corrected chi connectivity index (χ0v) is 12.4. The van der Waals surface area contributed by atoms with Crippen LogP contribution >= 0.6 is 11.6 Å². The van der Waals surface area contributed by atoms with Crippen molar-refractivity contribution in [1.82, 2.24) is 5.32 Å². The van der Waals surface area contributed by atoms with Crippen LogP contribution in [0.4, 0.5) is 0 Å². The Morgan fingerprint density at radius 2 is 2.05 bits per heavy atom.